The summed E-state index contributed by atoms with van der Waals surface area (Å²) in [7, 11) is 0. The van der Waals surface area contributed by atoms with Crippen molar-refractivity contribution in [3.8, 4) is 0 Å². The number of fused-ring (bicyclic) bond motifs is 1. The van der Waals surface area contributed by atoms with Crippen LogP contribution >= 0.6 is 0 Å². The Morgan fingerprint density at radius 3 is 2.55 bits per heavy atom. The SMILES string of the molecule is C[C@@](O)(C(=O)N1C(C(N)=O)CC2CC21)c1ccccc1. The number of primary amides is 1. The number of aliphatic hydroxyl groups is 1. The van der Waals surface area contributed by atoms with E-state index in [-0.39, 0.29) is 6.04 Å². The number of hydrogen-bond donors (Lipinski definition) is 2. The van der Waals surface area contributed by atoms with Gasteiger partial charge in [0.05, 0.1) is 0 Å². The second kappa shape index (κ2) is 4.31. The van der Waals surface area contributed by atoms with Crippen LogP contribution < -0.4 is 5.73 Å². The Balaban J connectivity index is 1.90. The van der Waals surface area contributed by atoms with Crippen molar-refractivity contribution >= 4 is 11.8 Å². The molecule has 2 aliphatic rings. The molecule has 3 unspecified atom stereocenters. The first-order chi connectivity index (χ1) is 9.43. The molecule has 0 aromatic heterocycles. The Morgan fingerprint density at radius 2 is 1.95 bits per heavy atom. The molecule has 1 aromatic rings. The van der Waals surface area contributed by atoms with Crippen molar-refractivity contribution in [3.63, 3.8) is 0 Å². The van der Waals surface area contributed by atoms with E-state index in [2.05, 4.69) is 0 Å². The Morgan fingerprint density at radius 1 is 1.30 bits per heavy atom. The van der Waals surface area contributed by atoms with Crippen LogP contribution in [0.5, 0.6) is 0 Å². The zero-order chi connectivity index (χ0) is 14.5. The smallest absolute Gasteiger partial charge is 0.259 e. The lowest BCUT2D eigenvalue weighted by atomic mass is 9.94. The van der Waals surface area contributed by atoms with E-state index in [1.165, 1.54) is 11.8 Å². The first kappa shape index (κ1) is 13.1. The number of benzene rings is 1. The molecule has 20 heavy (non-hydrogen) atoms. The van der Waals surface area contributed by atoms with Crippen LogP contribution in [0.4, 0.5) is 0 Å². The number of amides is 2. The van der Waals surface area contributed by atoms with Crippen molar-refractivity contribution in [2.75, 3.05) is 0 Å². The molecule has 5 nitrogen and oxygen atoms in total. The number of carbonyl (C=O) groups is 2. The molecular weight excluding hydrogens is 256 g/mol. The predicted octanol–water partition coefficient (Wildman–Crippen LogP) is 0.369. The molecule has 3 N–H and O–H groups in total. The summed E-state index contributed by atoms with van der Waals surface area (Å²) in [6.07, 6.45) is 1.52. The molecule has 1 aromatic carbocycles. The Bertz CT molecular complexity index is 555. The van der Waals surface area contributed by atoms with Crippen molar-refractivity contribution in [1.82, 2.24) is 4.90 Å². The Hall–Kier alpha value is -1.88. The summed E-state index contributed by atoms with van der Waals surface area (Å²) in [5, 5.41) is 10.6. The summed E-state index contributed by atoms with van der Waals surface area (Å²) in [6, 6.07) is 8.26. The highest BCUT2D eigenvalue weighted by molar-refractivity contribution is 5.92. The topological polar surface area (TPSA) is 83.6 Å². The van der Waals surface area contributed by atoms with Crippen molar-refractivity contribution in [1.29, 1.82) is 0 Å². The summed E-state index contributed by atoms with van der Waals surface area (Å²) in [6.45, 7) is 1.47. The third-order valence-electron chi connectivity index (χ3n) is 4.42. The van der Waals surface area contributed by atoms with E-state index in [9.17, 15) is 14.7 Å². The van der Waals surface area contributed by atoms with Crippen LogP contribution in [0.1, 0.15) is 25.3 Å². The van der Waals surface area contributed by atoms with Gasteiger partial charge >= 0.3 is 0 Å². The summed E-state index contributed by atoms with van der Waals surface area (Å²) in [5.74, 6) is -0.560. The van der Waals surface area contributed by atoms with Crippen LogP contribution in [0.2, 0.25) is 0 Å². The molecule has 2 amide bonds. The van der Waals surface area contributed by atoms with Crippen LogP contribution in [0.25, 0.3) is 0 Å². The van der Waals surface area contributed by atoms with Crippen LogP contribution in [-0.2, 0) is 15.2 Å². The Kier molecular flexibility index (Phi) is 2.83. The van der Waals surface area contributed by atoms with Gasteiger partial charge in [-0.05, 0) is 31.2 Å². The molecule has 4 atom stereocenters. The van der Waals surface area contributed by atoms with Crippen molar-refractivity contribution in [2.24, 2.45) is 11.7 Å². The highest BCUT2D eigenvalue weighted by Crippen LogP contribution is 2.49. The van der Waals surface area contributed by atoms with Crippen molar-refractivity contribution in [2.45, 2.75) is 37.5 Å². The molecule has 3 rings (SSSR count). The number of carbonyl (C=O) groups excluding carboxylic acids is 2. The number of nitrogens with zero attached hydrogens (tertiary/aromatic N) is 1. The number of rotatable bonds is 3. The maximum absolute atomic E-state index is 12.7. The van der Waals surface area contributed by atoms with Gasteiger partial charge in [-0.15, -0.1) is 0 Å². The fourth-order valence-corrected chi connectivity index (χ4v) is 3.14. The van der Waals surface area contributed by atoms with Gasteiger partial charge in [-0.1, -0.05) is 30.3 Å². The molecular formula is C15H18N2O3. The Labute approximate surface area is 117 Å². The van der Waals surface area contributed by atoms with E-state index in [1.54, 1.807) is 24.3 Å². The van der Waals surface area contributed by atoms with Gasteiger partial charge in [0, 0.05) is 6.04 Å². The van der Waals surface area contributed by atoms with Crippen LogP contribution in [0.15, 0.2) is 30.3 Å². The maximum Gasteiger partial charge on any atom is 0.259 e. The minimum Gasteiger partial charge on any atom is -0.376 e. The van der Waals surface area contributed by atoms with Crippen LogP contribution in [0.3, 0.4) is 0 Å². The van der Waals surface area contributed by atoms with E-state index < -0.39 is 23.5 Å². The third-order valence-corrected chi connectivity index (χ3v) is 4.42. The highest BCUT2D eigenvalue weighted by Gasteiger charge is 2.58. The number of piperidine rings is 1. The van der Waals surface area contributed by atoms with Gasteiger partial charge in [-0.3, -0.25) is 9.59 Å². The molecule has 1 saturated heterocycles. The number of hydrogen-bond acceptors (Lipinski definition) is 3. The van der Waals surface area contributed by atoms with E-state index in [0.29, 0.717) is 17.9 Å². The zero-order valence-electron chi connectivity index (χ0n) is 11.3. The summed E-state index contributed by atoms with van der Waals surface area (Å²) in [5.41, 5.74) is 4.27. The van der Waals surface area contributed by atoms with Gasteiger partial charge in [0.15, 0.2) is 5.60 Å². The fourth-order valence-electron chi connectivity index (χ4n) is 3.14. The van der Waals surface area contributed by atoms with E-state index in [0.717, 1.165) is 6.42 Å². The number of nitrogens with two attached hydrogens (primary N) is 1. The molecule has 1 aliphatic carbocycles. The molecule has 2 fully saturated rings. The second-order valence-corrected chi connectivity index (χ2v) is 5.87. The number of likely N-dealkylation sites (tertiary alicyclic amines) is 1. The predicted molar refractivity (Wildman–Crippen MR) is 72.4 cm³/mol. The first-order valence-electron chi connectivity index (χ1n) is 6.83. The monoisotopic (exact) mass is 274 g/mol. The molecule has 5 heteroatoms. The molecule has 0 bridgehead atoms. The molecule has 106 valence electrons. The minimum absolute atomic E-state index is 0.0650. The molecule has 0 spiro atoms. The normalized spacial score (nSPS) is 30.5. The fraction of sp³-hybridized carbons (Fsp3) is 0.467. The maximum atomic E-state index is 12.7. The lowest BCUT2D eigenvalue weighted by molar-refractivity contribution is -0.155. The van der Waals surface area contributed by atoms with Gasteiger partial charge in [0.2, 0.25) is 5.91 Å². The van der Waals surface area contributed by atoms with Gasteiger partial charge < -0.3 is 15.7 Å². The first-order valence-corrected chi connectivity index (χ1v) is 6.83. The van der Waals surface area contributed by atoms with Gasteiger partial charge in [-0.25, -0.2) is 0 Å². The zero-order valence-corrected chi connectivity index (χ0v) is 11.3. The largest absolute Gasteiger partial charge is 0.376 e. The second-order valence-electron chi connectivity index (χ2n) is 5.87. The summed E-state index contributed by atoms with van der Waals surface area (Å²) < 4.78 is 0. The minimum atomic E-state index is -1.63. The standard InChI is InChI=1S/C15H18N2O3/c1-15(20,10-5-3-2-4-6-10)14(19)17-11-7-9(11)8-12(17)13(16)18/h2-6,9,11-12,20H,7-8H2,1H3,(H2,16,18)/t9?,11?,12?,15-/m0/s1. The van der Waals surface area contributed by atoms with E-state index >= 15 is 0 Å². The van der Waals surface area contributed by atoms with E-state index in [4.69, 9.17) is 5.73 Å². The van der Waals surface area contributed by atoms with Crippen LogP contribution in [-0.4, -0.2) is 33.9 Å². The van der Waals surface area contributed by atoms with Crippen molar-refractivity contribution in [3.05, 3.63) is 35.9 Å². The lowest BCUT2D eigenvalue weighted by Gasteiger charge is -2.33. The summed E-state index contributed by atoms with van der Waals surface area (Å²) >= 11 is 0. The van der Waals surface area contributed by atoms with Crippen LogP contribution in [0, 0.1) is 5.92 Å². The molecule has 0 radical (unpaired) electrons. The van der Waals surface area contributed by atoms with Gasteiger partial charge in [0.1, 0.15) is 6.04 Å². The molecule has 1 saturated carbocycles. The quantitative estimate of drug-likeness (QED) is 0.835. The van der Waals surface area contributed by atoms with E-state index in [1.807, 2.05) is 6.07 Å². The molecule has 1 heterocycles. The highest BCUT2D eigenvalue weighted by atomic mass is 16.3. The molecule has 1 aliphatic heterocycles. The van der Waals surface area contributed by atoms with Gasteiger partial charge in [0.25, 0.3) is 5.91 Å². The summed E-state index contributed by atoms with van der Waals surface area (Å²) in [4.78, 5) is 25.7. The third kappa shape index (κ3) is 1.89. The van der Waals surface area contributed by atoms with Gasteiger partial charge in [-0.2, -0.15) is 0 Å². The average Bonchev–Trinajstić information content (AvgIpc) is 3.10. The van der Waals surface area contributed by atoms with Crippen molar-refractivity contribution < 1.29 is 14.7 Å². The lowest BCUT2D eigenvalue weighted by Crippen LogP contribution is -2.52. The average molecular weight is 274 g/mol.